The van der Waals surface area contributed by atoms with Gasteiger partial charge in [0.25, 0.3) is 0 Å². The Bertz CT molecular complexity index is 631. The second-order valence-electron chi connectivity index (χ2n) is 4.10. The SMILES string of the molecule is CCOC(=O)Nc1ccc(NCc2ccc(Cl)s2)cc1Cl. The van der Waals surface area contributed by atoms with Gasteiger partial charge in [0.05, 0.1) is 21.7 Å². The number of anilines is 2. The molecule has 0 aliphatic rings. The third-order valence-corrected chi connectivity index (χ3v) is 4.12. The molecule has 0 saturated heterocycles. The van der Waals surface area contributed by atoms with E-state index in [0.29, 0.717) is 23.9 Å². The van der Waals surface area contributed by atoms with Crippen molar-refractivity contribution in [3.63, 3.8) is 0 Å². The van der Waals surface area contributed by atoms with Crippen LogP contribution in [0.3, 0.4) is 0 Å². The van der Waals surface area contributed by atoms with Gasteiger partial charge < -0.3 is 10.1 Å². The number of ether oxygens (including phenoxy) is 1. The molecule has 0 unspecified atom stereocenters. The monoisotopic (exact) mass is 344 g/mol. The minimum Gasteiger partial charge on any atom is -0.450 e. The minimum atomic E-state index is -0.520. The predicted molar refractivity (Wildman–Crippen MR) is 88.8 cm³/mol. The molecule has 21 heavy (non-hydrogen) atoms. The molecule has 0 aliphatic heterocycles. The lowest BCUT2D eigenvalue weighted by Crippen LogP contribution is -2.13. The summed E-state index contributed by atoms with van der Waals surface area (Å²) in [6.07, 6.45) is -0.520. The second-order valence-corrected chi connectivity index (χ2v) is 6.31. The van der Waals surface area contributed by atoms with E-state index in [4.69, 9.17) is 27.9 Å². The van der Waals surface area contributed by atoms with Crippen LogP contribution in [0.15, 0.2) is 30.3 Å². The number of rotatable bonds is 5. The number of carbonyl (C=O) groups excluding carboxylic acids is 1. The highest BCUT2D eigenvalue weighted by Crippen LogP contribution is 2.27. The predicted octanol–water partition coefficient (Wildman–Crippen LogP) is 5.24. The minimum absolute atomic E-state index is 0.312. The summed E-state index contributed by atoms with van der Waals surface area (Å²) < 4.78 is 5.57. The molecule has 2 aromatic rings. The van der Waals surface area contributed by atoms with Crippen molar-refractivity contribution >= 4 is 52.0 Å². The smallest absolute Gasteiger partial charge is 0.411 e. The fourth-order valence-electron chi connectivity index (χ4n) is 1.64. The number of amides is 1. The fourth-order valence-corrected chi connectivity index (χ4v) is 2.89. The molecular formula is C14H14Cl2N2O2S. The molecule has 0 fully saturated rings. The first-order chi connectivity index (χ1) is 10.1. The van der Waals surface area contributed by atoms with Crippen LogP contribution < -0.4 is 10.6 Å². The van der Waals surface area contributed by atoms with E-state index in [1.165, 1.54) is 11.3 Å². The molecule has 0 radical (unpaired) electrons. The highest BCUT2D eigenvalue weighted by atomic mass is 35.5. The molecule has 1 amide bonds. The zero-order valence-electron chi connectivity index (χ0n) is 11.3. The van der Waals surface area contributed by atoms with Gasteiger partial charge in [0.2, 0.25) is 0 Å². The average molecular weight is 345 g/mol. The Kier molecular flexibility index (Phi) is 5.73. The van der Waals surface area contributed by atoms with Crippen LogP contribution in [-0.2, 0) is 11.3 Å². The van der Waals surface area contributed by atoms with Crippen LogP contribution in [0.2, 0.25) is 9.36 Å². The molecule has 0 bridgehead atoms. The first-order valence-corrected chi connectivity index (χ1v) is 7.87. The molecule has 4 nitrogen and oxygen atoms in total. The molecule has 0 atom stereocenters. The van der Waals surface area contributed by atoms with Crippen molar-refractivity contribution in [2.75, 3.05) is 17.2 Å². The Morgan fingerprint density at radius 3 is 2.71 bits per heavy atom. The van der Waals surface area contributed by atoms with E-state index in [0.717, 1.165) is 14.9 Å². The molecule has 0 aliphatic carbocycles. The average Bonchev–Trinajstić information content (AvgIpc) is 2.85. The Morgan fingerprint density at radius 2 is 2.10 bits per heavy atom. The maximum absolute atomic E-state index is 11.3. The molecule has 0 spiro atoms. The lowest BCUT2D eigenvalue weighted by atomic mass is 10.2. The number of thiophene rings is 1. The Morgan fingerprint density at radius 1 is 1.29 bits per heavy atom. The van der Waals surface area contributed by atoms with Gasteiger partial charge in [-0.3, -0.25) is 5.32 Å². The van der Waals surface area contributed by atoms with Gasteiger partial charge in [0, 0.05) is 17.1 Å². The van der Waals surface area contributed by atoms with Crippen molar-refractivity contribution in [2.45, 2.75) is 13.5 Å². The second kappa shape index (κ2) is 7.54. The third-order valence-electron chi connectivity index (χ3n) is 2.58. The summed E-state index contributed by atoms with van der Waals surface area (Å²) in [5.41, 5.74) is 1.37. The molecule has 1 heterocycles. The van der Waals surface area contributed by atoms with Crippen LogP contribution in [0.5, 0.6) is 0 Å². The zero-order chi connectivity index (χ0) is 15.2. The van der Waals surface area contributed by atoms with E-state index >= 15 is 0 Å². The Labute approximate surface area is 137 Å². The van der Waals surface area contributed by atoms with Crippen LogP contribution in [0.4, 0.5) is 16.2 Å². The number of nitrogens with one attached hydrogen (secondary N) is 2. The maximum atomic E-state index is 11.3. The molecule has 1 aromatic heterocycles. The molecular weight excluding hydrogens is 331 g/mol. The maximum Gasteiger partial charge on any atom is 0.411 e. The van der Waals surface area contributed by atoms with Crippen LogP contribution in [-0.4, -0.2) is 12.7 Å². The van der Waals surface area contributed by atoms with Crippen molar-refractivity contribution < 1.29 is 9.53 Å². The number of hydrogen-bond donors (Lipinski definition) is 2. The zero-order valence-corrected chi connectivity index (χ0v) is 13.6. The lowest BCUT2D eigenvalue weighted by Gasteiger charge is -2.10. The summed E-state index contributed by atoms with van der Waals surface area (Å²) in [5, 5.41) is 6.27. The summed E-state index contributed by atoms with van der Waals surface area (Å²) >= 11 is 13.5. The molecule has 2 rings (SSSR count). The topological polar surface area (TPSA) is 50.4 Å². The van der Waals surface area contributed by atoms with Gasteiger partial charge in [-0.25, -0.2) is 4.79 Å². The van der Waals surface area contributed by atoms with Crippen LogP contribution in [0, 0.1) is 0 Å². The summed E-state index contributed by atoms with van der Waals surface area (Å²) in [5.74, 6) is 0. The van der Waals surface area contributed by atoms with Crippen LogP contribution in [0.25, 0.3) is 0 Å². The molecule has 1 aromatic carbocycles. The van der Waals surface area contributed by atoms with Crippen molar-refractivity contribution in [3.8, 4) is 0 Å². The van der Waals surface area contributed by atoms with E-state index < -0.39 is 6.09 Å². The Hall–Kier alpha value is -1.43. The first-order valence-electron chi connectivity index (χ1n) is 6.30. The molecule has 7 heteroatoms. The standard InChI is InChI=1S/C14H14Cl2N2O2S/c1-2-20-14(19)18-12-5-3-9(7-11(12)15)17-8-10-4-6-13(16)21-10/h3-7,17H,2,8H2,1H3,(H,18,19). The third kappa shape index (κ3) is 4.81. The summed E-state index contributed by atoms with van der Waals surface area (Å²) in [7, 11) is 0. The number of halogens is 2. The first kappa shape index (κ1) is 15.9. The van der Waals surface area contributed by atoms with Crippen molar-refractivity contribution in [1.82, 2.24) is 0 Å². The molecule has 2 N–H and O–H groups in total. The number of carbonyl (C=O) groups is 1. The normalized spacial score (nSPS) is 10.2. The van der Waals surface area contributed by atoms with Crippen LogP contribution in [0.1, 0.15) is 11.8 Å². The van der Waals surface area contributed by atoms with E-state index in [9.17, 15) is 4.79 Å². The van der Waals surface area contributed by atoms with Gasteiger partial charge in [-0.05, 0) is 37.3 Å². The van der Waals surface area contributed by atoms with Gasteiger partial charge in [0.1, 0.15) is 0 Å². The van der Waals surface area contributed by atoms with Gasteiger partial charge in [-0.15, -0.1) is 11.3 Å². The fraction of sp³-hybridized carbons (Fsp3) is 0.214. The number of hydrogen-bond acceptors (Lipinski definition) is 4. The van der Waals surface area contributed by atoms with Crippen molar-refractivity contribution in [2.24, 2.45) is 0 Å². The quantitative estimate of drug-likeness (QED) is 0.780. The summed E-state index contributed by atoms with van der Waals surface area (Å²) in [6.45, 7) is 2.72. The lowest BCUT2D eigenvalue weighted by molar-refractivity contribution is 0.168. The van der Waals surface area contributed by atoms with Gasteiger partial charge in [0.15, 0.2) is 0 Å². The number of benzene rings is 1. The van der Waals surface area contributed by atoms with E-state index in [-0.39, 0.29) is 0 Å². The van der Waals surface area contributed by atoms with Gasteiger partial charge in [-0.2, -0.15) is 0 Å². The van der Waals surface area contributed by atoms with E-state index in [1.807, 2.05) is 18.2 Å². The summed E-state index contributed by atoms with van der Waals surface area (Å²) in [4.78, 5) is 12.5. The van der Waals surface area contributed by atoms with Crippen LogP contribution >= 0.6 is 34.5 Å². The van der Waals surface area contributed by atoms with Crippen molar-refractivity contribution in [1.29, 1.82) is 0 Å². The Balaban J connectivity index is 1.96. The van der Waals surface area contributed by atoms with E-state index in [2.05, 4.69) is 10.6 Å². The molecule has 0 saturated carbocycles. The van der Waals surface area contributed by atoms with Gasteiger partial charge in [-0.1, -0.05) is 23.2 Å². The highest BCUT2D eigenvalue weighted by Gasteiger charge is 2.07. The van der Waals surface area contributed by atoms with Gasteiger partial charge >= 0.3 is 6.09 Å². The molecule has 112 valence electrons. The van der Waals surface area contributed by atoms with E-state index in [1.54, 1.807) is 19.1 Å². The summed E-state index contributed by atoms with van der Waals surface area (Å²) in [6, 6.07) is 9.14. The largest absolute Gasteiger partial charge is 0.450 e. The highest BCUT2D eigenvalue weighted by molar-refractivity contribution is 7.16. The van der Waals surface area contributed by atoms with Crippen molar-refractivity contribution in [3.05, 3.63) is 44.6 Å².